The van der Waals surface area contributed by atoms with Gasteiger partial charge in [-0.25, -0.2) is 4.79 Å². The molecular weight excluding hydrogens is 279 g/mol. The molecule has 1 saturated heterocycles. The lowest BCUT2D eigenvalue weighted by atomic mass is 9.54. The molecule has 0 N–H and O–H groups in total. The minimum absolute atomic E-state index is 0.0265. The maximum Gasteiger partial charge on any atom is 0.356 e. The van der Waals surface area contributed by atoms with Gasteiger partial charge in [0, 0.05) is 18.7 Å². The van der Waals surface area contributed by atoms with Crippen molar-refractivity contribution in [1.29, 1.82) is 0 Å². The van der Waals surface area contributed by atoms with Crippen molar-refractivity contribution in [3.8, 4) is 0 Å². The Hall–Kier alpha value is -1.30. The molecule has 1 aliphatic heterocycles. The van der Waals surface area contributed by atoms with Crippen LogP contribution in [0, 0.1) is 5.41 Å². The summed E-state index contributed by atoms with van der Waals surface area (Å²) >= 11 is 0. The lowest BCUT2D eigenvalue weighted by Gasteiger charge is -2.34. The summed E-state index contributed by atoms with van der Waals surface area (Å²) in [6, 6.07) is 0. The van der Waals surface area contributed by atoms with Crippen LogP contribution < -0.4 is 5.46 Å². The first-order chi connectivity index (χ1) is 9.84. The molecule has 0 spiro atoms. The van der Waals surface area contributed by atoms with Gasteiger partial charge in [0.2, 0.25) is 0 Å². The molecule has 1 aromatic heterocycles. The Balaban J connectivity index is 2.34. The molecule has 122 valence electrons. The number of rotatable bonds is 2. The van der Waals surface area contributed by atoms with Crippen LogP contribution in [0.4, 0.5) is 0 Å². The maximum atomic E-state index is 12.5. The first-order valence-corrected chi connectivity index (χ1v) is 7.77. The summed E-state index contributed by atoms with van der Waals surface area (Å²) in [5, 5.41) is 4.24. The van der Waals surface area contributed by atoms with Gasteiger partial charge in [0.25, 0.3) is 0 Å². The third kappa shape index (κ3) is 3.07. The smallest absolute Gasteiger partial charge is 0.356 e. The van der Waals surface area contributed by atoms with Crippen molar-refractivity contribution >= 4 is 18.3 Å². The maximum absolute atomic E-state index is 12.5. The van der Waals surface area contributed by atoms with Crippen molar-refractivity contribution in [1.82, 2.24) is 9.78 Å². The van der Waals surface area contributed by atoms with E-state index in [0.29, 0.717) is 5.69 Å². The molecule has 0 radical (unpaired) electrons. The number of carbonyl (C=O) groups excluding carboxylic acids is 1. The van der Waals surface area contributed by atoms with Crippen LogP contribution in [-0.4, -0.2) is 33.9 Å². The first-order valence-electron chi connectivity index (χ1n) is 7.77. The predicted octanol–water partition coefficient (Wildman–Crippen LogP) is 2.41. The van der Waals surface area contributed by atoms with E-state index in [9.17, 15) is 4.79 Å². The summed E-state index contributed by atoms with van der Waals surface area (Å²) < 4.78 is 13.3. The summed E-state index contributed by atoms with van der Waals surface area (Å²) in [7, 11) is 1.76. The Morgan fingerprint density at radius 1 is 1.36 bits per heavy atom. The van der Waals surface area contributed by atoms with Crippen molar-refractivity contribution in [3.63, 3.8) is 0 Å². The van der Waals surface area contributed by atoms with Gasteiger partial charge in [-0.2, -0.15) is 5.10 Å². The van der Waals surface area contributed by atoms with Gasteiger partial charge in [0.05, 0.1) is 5.60 Å². The number of esters is 1. The molecule has 0 bridgehead atoms. The average molecular weight is 306 g/mol. The van der Waals surface area contributed by atoms with E-state index >= 15 is 0 Å². The van der Waals surface area contributed by atoms with Crippen molar-refractivity contribution in [2.45, 2.75) is 66.0 Å². The van der Waals surface area contributed by atoms with Crippen LogP contribution in [0.3, 0.4) is 0 Å². The van der Waals surface area contributed by atoms with E-state index in [1.807, 2.05) is 20.8 Å². The van der Waals surface area contributed by atoms with Crippen molar-refractivity contribution in [3.05, 3.63) is 11.9 Å². The molecule has 2 heterocycles. The third-order valence-electron chi connectivity index (χ3n) is 4.67. The molecule has 1 aromatic rings. The monoisotopic (exact) mass is 306 g/mol. The zero-order valence-electron chi connectivity index (χ0n) is 15.0. The Morgan fingerprint density at radius 2 is 1.95 bits per heavy atom. The van der Waals surface area contributed by atoms with Gasteiger partial charge in [0.15, 0.2) is 0 Å². The van der Waals surface area contributed by atoms with E-state index in [0.717, 1.165) is 11.8 Å². The van der Waals surface area contributed by atoms with E-state index < -0.39 is 5.60 Å². The normalized spacial score (nSPS) is 20.3. The van der Waals surface area contributed by atoms with Crippen LogP contribution >= 0.6 is 0 Å². The molecule has 0 saturated carbocycles. The largest absolute Gasteiger partial charge is 0.455 e. The standard InChI is InChI=1S/C16H27BN2O3/c1-14(2,3)21-13(20)12-11(9-18-19(12)8)17-10-15(4,5)16(6,7)22-17/h9H,10H2,1-8H3. The van der Waals surface area contributed by atoms with Gasteiger partial charge in [-0.1, -0.05) is 13.8 Å². The molecule has 5 nitrogen and oxygen atoms in total. The number of hydrogen-bond acceptors (Lipinski definition) is 4. The highest BCUT2D eigenvalue weighted by atomic mass is 16.6. The summed E-state index contributed by atoms with van der Waals surface area (Å²) in [6.07, 6.45) is 2.57. The molecule has 6 heteroatoms. The molecule has 0 atom stereocenters. The second kappa shape index (κ2) is 5.12. The van der Waals surface area contributed by atoms with E-state index in [1.54, 1.807) is 17.9 Å². The third-order valence-corrected chi connectivity index (χ3v) is 4.67. The molecule has 0 amide bonds. The summed E-state index contributed by atoms with van der Waals surface area (Å²) in [6.45, 7) is 14.0. The Bertz CT molecular complexity index is 569. The lowest BCUT2D eigenvalue weighted by Crippen LogP contribution is -2.38. The van der Waals surface area contributed by atoms with Crippen molar-refractivity contribution in [2.75, 3.05) is 0 Å². The van der Waals surface area contributed by atoms with Crippen LogP contribution in [0.5, 0.6) is 0 Å². The highest BCUT2D eigenvalue weighted by Gasteiger charge is 2.51. The molecule has 0 aromatic carbocycles. The quantitative estimate of drug-likeness (QED) is 0.622. The van der Waals surface area contributed by atoms with Gasteiger partial charge >= 0.3 is 12.9 Å². The zero-order valence-corrected chi connectivity index (χ0v) is 15.0. The summed E-state index contributed by atoms with van der Waals surface area (Å²) in [4.78, 5) is 12.5. The van der Waals surface area contributed by atoms with Crippen LogP contribution in [0.25, 0.3) is 0 Å². The lowest BCUT2D eigenvalue weighted by molar-refractivity contribution is 0.00581. The second-order valence-corrected chi connectivity index (χ2v) is 8.28. The molecule has 1 fully saturated rings. The van der Waals surface area contributed by atoms with E-state index in [2.05, 4.69) is 32.8 Å². The number of ether oxygens (including phenoxy) is 1. The minimum Gasteiger partial charge on any atom is -0.455 e. The molecule has 0 aliphatic carbocycles. The number of nitrogens with zero attached hydrogens (tertiary/aromatic N) is 2. The minimum atomic E-state index is -0.534. The topological polar surface area (TPSA) is 53.4 Å². The van der Waals surface area contributed by atoms with Crippen molar-refractivity contribution < 1.29 is 14.2 Å². The van der Waals surface area contributed by atoms with Crippen LogP contribution in [0.15, 0.2) is 6.20 Å². The van der Waals surface area contributed by atoms with E-state index in [1.165, 1.54) is 0 Å². The predicted molar refractivity (Wildman–Crippen MR) is 87.5 cm³/mol. The fraction of sp³-hybridized carbons (Fsp3) is 0.750. The second-order valence-electron chi connectivity index (χ2n) is 8.28. The first kappa shape index (κ1) is 17.1. The molecule has 0 unspecified atom stereocenters. The van der Waals surface area contributed by atoms with Gasteiger partial charge in [0.1, 0.15) is 11.3 Å². The summed E-state index contributed by atoms with van der Waals surface area (Å²) in [5.41, 5.74) is 0.536. The fourth-order valence-corrected chi connectivity index (χ4v) is 2.71. The van der Waals surface area contributed by atoms with Gasteiger partial charge < -0.3 is 9.39 Å². The Morgan fingerprint density at radius 3 is 2.41 bits per heavy atom. The highest BCUT2D eigenvalue weighted by molar-refractivity contribution is 6.69. The molecule has 22 heavy (non-hydrogen) atoms. The van der Waals surface area contributed by atoms with Crippen LogP contribution in [-0.2, 0) is 16.4 Å². The number of carbonyl (C=O) groups is 1. The Labute approximate surface area is 133 Å². The van der Waals surface area contributed by atoms with E-state index in [4.69, 9.17) is 9.39 Å². The van der Waals surface area contributed by atoms with Gasteiger partial charge in [-0.3, -0.25) is 4.68 Å². The van der Waals surface area contributed by atoms with Gasteiger partial charge in [-0.05, 0) is 46.4 Å². The molecule has 2 rings (SSSR count). The fourth-order valence-electron chi connectivity index (χ4n) is 2.71. The highest BCUT2D eigenvalue weighted by Crippen LogP contribution is 2.45. The molecule has 1 aliphatic rings. The average Bonchev–Trinajstić information content (AvgIpc) is 2.75. The van der Waals surface area contributed by atoms with Gasteiger partial charge in [-0.15, -0.1) is 0 Å². The number of hydrogen-bond donors (Lipinski definition) is 0. The number of aryl methyl sites for hydroxylation is 1. The van der Waals surface area contributed by atoms with E-state index in [-0.39, 0.29) is 23.9 Å². The molecular formula is C16H27BN2O3. The Kier molecular flexibility index (Phi) is 3.97. The SMILES string of the molecule is Cn1ncc(B2CC(C)(C)C(C)(C)O2)c1C(=O)OC(C)(C)C. The number of aromatic nitrogens is 2. The summed E-state index contributed by atoms with van der Waals surface area (Å²) in [5.74, 6) is -0.353. The zero-order chi connectivity index (χ0) is 16.9. The van der Waals surface area contributed by atoms with Crippen LogP contribution in [0.2, 0.25) is 6.32 Å². The van der Waals surface area contributed by atoms with Crippen molar-refractivity contribution in [2.24, 2.45) is 12.5 Å². The van der Waals surface area contributed by atoms with Crippen LogP contribution in [0.1, 0.15) is 59.0 Å².